The molecule has 4 heteroatoms. The quantitative estimate of drug-likeness (QED) is 0.228. The Morgan fingerprint density at radius 2 is 1.45 bits per heavy atom. The number of hydrogen-bond donors (Lipinski definition) is 0. The Kier molecular flexibility index (Phi) is 11.3. The molecular formula is C27H42O4. The average molecular weight is 431 g/mol. The molecule has 0 amide bonds. The van der Waals surface area contributed by atoms with Gasteiger partial charge in [-0.3, -0.25) is 0 Å². The van der Waals surface area contributed by atoms with Gasteiger partial charge in [0.1, 0.15) is 11.5 Å². The lowest BCUT2D eigenvalue weighted by Crippen LogP contribution is -2.26. The number of ether oxygens (including phenoxy) is 4. The maximum Gasteiger partial charge on any atom is 0.199 e. The van der Waals surface area contributed by atoms with Crippen LogP contribution in [-0.2, 0) is 15.9 Å². The van der Waals surface area contributed by atoms with E-state index >= 15 is 0 Å². The van der Waals surface area contributed by atoms with Gasteiger partial charge in [0, 0.05) is 12.8 Å². The van der Waals surface area contributed by atoms with Crippen molar-refractivity contribution in [3.05, 3.63) is 36.4 Å². The SMILES string of the molecule is C=CCCCCCCCCCc1cc(OC2CCCCO2)ccc1OC1CCCCO1. The van der Waals surface area contributed by atoms with Crippen LogP contribution in [0.15, 0.2) is 30.9 Å². The molecule has 2 fully saturated rings. The van der Waals surface area contributed by atoms with Crippen LogP contribution in [0.2, 0.25) is 0 Å². The highest BCUT2D eigenvalue weighted by Crippen LogP contribution is 2.30. The highest BCUT2D eigenvalue weighted by atomic mass is 16.7. The zero-order chi connectivity index (χ0) is 21.6. The summed E-state index contributed by atoms with van der Waals surface area (Å²) in [6.07, 6.45) is 19.5. The van der Waals surface area contributed by atoms with E-state index in [0.29, 0.717) is 0 Å². The van der Waals surface area contributed by atoms with Crippen LogP contribution < -0.4 is 9.47 Å². The van der Waals surface area contributed by atoms with E-state index in [1.807, 2.05) is 12.1 Å². The van der Waals surface area contributed by atoms with Crippen molar-refractivity contribution in [2.24, 2.45) is 0 Å². The second-order valence-electron chi connectivity index (χ2n) is 8.90. The molecule has 3 rings (SSSR count). The van der Waals surface area contributed by atoms with Crippen molar-refractivity contribution in [2.45, 2.75) is 109 Å². The summed E-state index contributed by atoms with van der Waals surface area (Å²) in [7, 11) is 0. The fraction of sp³-hybridized carbons (Fsp3) is 0.704. The molecule has 2 aliphatic rings. The number of benzene rings is 1. The Bertz CT molecular complexity index is 618. The smallest absolute Gasteiger partial charge is 0.199 e. The highest BCUT2D eigenvalue weighted by Gasteiger charge is 2.19. The van der Waals surface area contributed by atoms with Gasteiger partial charge >= 0.3 is 0 Å². The van der Waals surface area contributed by atoms with E-state index in [0.717, 1.165) is 63.2 Å². The van der Waals surface area contributed by atoms with Gasteiger partial charge in [0.2, 0.25) is 0 Å². The van der Waals surface area contributed by atoms with Crippen molar-refractivity contribution < 1.29 is 18.9 Å². The molecule has 2 unspecified atom stereocenters. The zero-order valence-corrected chi connectivity index (χ0v) is 19.3. The molecule has 1 aromatic rings. The first kappa shape index (κ1) is 24.1. The molecule has 0 radical (unpaired) electrons. The van der Waals surface area contributed by atoms with Gasteiger partial charge in [0.15, 0.2) is 12.6 Å². The first-order chi connectivity index (χ1) is 15.3. The molecule has 31 heavy (non-hydrogen) atoms. The number of aryl methyl sites for hydroxylation is 1. The van der Waals surface area contributed by atoms with Gasteiger partial charge in [-0.05, 0) is 75.1 Å². The molecule has 0 spiro atoms. The minimum Gasteiger partial charge on any atom is -0.465 e. The molecule has 1 aromatic carbocycles. The number of hydrogen-bond acceptors (Lipinski definition) is 4. The van der Waals surface area contributed by atoms with Crippen LogP contribution in [0.3, 0.4) is 0 Å². The van der Waals surface area contributed by atoms with E-state index in [4.69, 9.17) is 18.9 Å². The third-order valence-corrected chi connectivity index (χ3v) is 6.19. The van der Waals surface area contributed by atoms with Crippen LogP contribution >= 0.6 is 0 Å². The summed E-state index contributed by atoms with van der Waals surface area (Å²) >= 11 is 0. The van der Waals surface area contributed by atoms with Gasteiger partial charge in [-0.1, -0.05) is 38.2 Å². The van der Waals surface area contributed by atoms with E-state index in [1.165, 1.54) is 63.4 Å². The number of allylic oxidation sites excluding steroid dienone is 1. The van der Waals surface area contributed by atoms with E-state index in [1.54, 1.807) is 0 Å². The predicted octanol–water partition coefficient (Wildman–Crippen LogP) is 7.35. The normalized spacial score (nSPS) is 21.5. The topological polar surface area (TPSA) is 36.9 Å². The lowest BCUT2D eigenvalue weighted by molar-refractivity contribution is -0.108. The summed E-state index contributed by atoms with van der Waals surface area (Å²) in [5, 5.41) is 0. The average Bonchev–Trinajstić information content (AvgIpc) is 2.81. The van der Waals surface area contributed by atoms with Crippen molar-refractivity contribution in [2.75, 3.05) is 13.2 Å². The van der Waals surface area contributed by atoms with Gasteiger partial charge in [0.25, 0.3) is 0 Å². The molecule has 0 saturated carbocycles. The third kappa shape index (κ3) is 9.24. The molecule has 4 nitrogen and oxygen atoms in total. The molecule has 2 atom stereocenters. The summed E-state index contributed by atoms with van der Waals surface area (Å²) in [5.41, 5.74) is 1.23. The van der Waals surface area contributed by atoms with Gasteiger partial charge in [-0.2, -0.15) is 0 Å². The molecule has 2 saturated heterocycles. The molecular weight excluding hydrogens is 388 g/mol. The summed E-state index contributed by atoms with van der Waals surface area (Å²) in [6.45, 7) is 5.39. The van der Waals surface area contributed by atoms with Crippen molar-refractivity contribution in [3.63, 3.8) is 0 Å². The predicted molar refractivity (Wildman–Crippen MR) is 126 cm³/mol. The number of unbranched alkanes of at least 4 members (excludes halogenated alkanes) is 7. The number of rotatable bonds is 14. The van der Waals surface area contributed by atoms with Crippen molar-refractivity contribution in [1.82, 2.24) is 0 Å². The molecule has 0 aliphatic carbocycles. The molecule has 174 valence electrons. The summed E-state index contributed by atoms with van der Waals surface area (Å²) in [5.74, 6) is 1.84. The Morgan fingerprint density at radius 3 is 2.10 bits per heavy atom. The second-order valence-corrected chi connectivity index (χ2v) is 8.90. The highest BCUT2D eigenvalue weighted by molar-refractivity contribution is 5.40. The monoisotopic (exact) mass is 430 g/mol. The van der Waals surface area contributed by atoms with Crippen molar-refractivity contribution in [3.8, 4) is 11.5 Å². The lowest BCUT2D eigenvalue weighted by atomic mass is 10.0. The van der Waals surface area contributed by atoms with Crippen LogP contribution in [0.5, 0.6) is 11.5 Å². The summed E-state index contributed by atoms with van der Waals surface area (Å²) < 4.78 is 23.9. The Balaban J connectivity index is 1.49. The minimum atomic E-state index is -0.115. The Hall–Kier alpha value is -1.52. The zero-order valence-electron chi connectivity index (χ0n) is 19.3. The van der Waals surface area contributed by atoms with E-state index in [9.17, 15) is 0 Å². The standard InChI is InChI=1S/C27H42O4/c1-2-3-4-5-6-7-8-9-10-15-23-22-24(30-26-16-11-13-20-28-26)18-19-25(23)31-27-17-12-14-21-29-27/h2,18-19,22,26-27H,1,3-17,20-21H2. The first-order valence-corrected chi connectivity index (χ1v) is 12.7. The molecule has 0 bridgehead atoms. The molecule has 2 aliphatic heterocycles. The molecule has 0 N–H and O–H groups in total. The van der Waals surface area contributed by atoms with Gasteiger partial charge in [0.05, 0.1) is 13.2 Å². The largest absolute Gasteiger partial charge is 0.465 e. The maximum absolute atomic E-state index is 6.25. The van der Waals surface area contributed by atoms with Crippen LogP contribution in [0.4, 0.5) is 0 Å². The van der Waals surface area contributed by atoms with E-state index < -0.39 is 0 Å². The second kappa shape index (κ2) is 14.5. The summed E-state index contributed by atoms with van der Waals surface area (Å²) in [4.78, 5) is 0. The minimum absolute atomic E-state index is 0.114. The third-order valence-electron chi connectivity index (χ3n) is 6.19. The fourth-order valence-electron chi connectivity index (χ4n) is 4.33. The first-order valence-electron chi connectivity index (χ1n) is 12.7. The molecule has 2 heterocycles. The lowest BCUT2D eigenvalue weighted by Gasteiger charge is -2.26. The van der Waals surface area contributed by atoms with Crippen LogP contribution in [0.1, 0.15) is 95.5 Å². The van der Waals surface area contributed by atoms with Crippen molar-refractivity contribution in [1.29, 1.82) is 0 Å². The van der Waals surface area contributed by atoms with Gasteiger partial charge < -0.3 is 18.9 Å². The van der Waals surface area contributed by atoms with Crippen LogP contribution in [0.25, 0.3) is 0 Å². The van der Waals surface area contributed by atoms with E-state index in [-0.39, 0.29) is 12.6 Å². The fourth-order valence-corrected chi connectivity index (χ4v) is 4.33. The maximum atomic E-state index is 6.25. The van der Waals surface area contributed by atoms with Gasteiger partial charge in [-0.25, -0.2) is 0 Å². The Labute approximate surface area is 189 Å². The molecule has 0 aromatic heterocycles. The Morgan fingerprint density at radius 1 is 0.806 bits per heavy atom. The van der Waals surface area contributed by atoms with E-state index in [2.05, 4.69) is 18.7 Å². The van der Waals surface area contributed by atoms with Crippen LogP contribution in [0, 0.1) is 0 Å². The van der Waals surface area contributed by atoms with Crippen LogP contribution in [-0.4, -0.2) is 25.8 Å². The van der Waals surface area contributed by atoms with Gasteiger partial charge in [-0.15, -0.1) is 6.58 Å². The van der Waals surface area contributed by atoms with Crippen molar-refractivity contribution >= 4 is 0 Å². The summed E-state index contributed by atoms with van der Waals surface area (Å²) in [6, 6.07) is 6.24.